The van der Waals surface area contributed by atoms with Gasteiger partial charge in [0, 0.05) is 23.8 Å². The van der Waals surface area contributed by atoms with Crippen molar-refractivity contribution in [3.8, 4) is 11.4 Å². The van der Waals surface area contributed by atoms with E-state index in [-0.39, 0.29) is 23.5 Å². The van der Waals surface area contributed by atoms with Crippen molar-refractivity contribution in [1.82, 2.24) is 24.5 Å². The van der Waals surface area contributed by atoms with Gasteiger partial charge in [0.05, 0.1) is 5.56 Å². The summed E-state index contributed by atoms with van der Waals surface area (Å²) in [5.74, 6) is -0.171. The first-order valence-electron chi connectivity index (χ1n) is 9.37. The Kier molecular flexibility index (Phi) is 5.96. The quantitative estimate of drug-likeness (QED) is 0.354. The van der Waals surface area contributed by atoms with Crippen LogP contribution in [0.4, 0.5) is 49.9 Å². The monoisotopic (exact) mass is 481 g/mol. The van der Waals surface area contributed by atoms with Crippen molar-refractivity contribution in [2.24, 2.45) is 0 Å². The summed E-state index contributed by atoms with van der Waals surface area (Å²) in [5, 5.41) is 5.59. The van der Waals surface area contributed by atoms with Gasteiger partial charge in [-0.2, -0.15) is 18.2 Å². The number of nitrogens with one attached hydrogen (secondary N) is 2. The molecule has 0 amide bonds. The van der Waals surface area contributed by atoms with E-state index in [2.05, 4.69) is 35.3 Å². The normalized spacial score (nSPS) is 11.8. The SMILES string of the molecule is FC(F)(F)Oc1ccc(Nc2ncnc(Nc3nccn3-c3cccc(C(F)(F)F)c3)n2)cc1. The van der Waals surface area contributed by atoms with E-state index in [1.807, 2.05) is 0 Å². The van der Waals surface area contributed by atoms with Gasteiger partial charge in [0.1, 0.15) is 12.1 Å². The highest BCUT2D eigenvalue weighted by Gasteiger charge is 2.31. The number of ether oxygens (including phenoxy) is 1. The highest BCUT2D eigenvalue weighted by Crippen LogP contribution is 2.31. The van der Waals surface area contributed by atoms with Gasteiger partial charge in [-0.1, -0.05) is 6.07 Å². The Bertz CT molecular complexity index is 1270. The second-order valence-electron chi connectivity index (χ2n) is 6.62. The molecule has 2 aromatic carbocycles. The van der Waals surface area contributed by atoms with Crippen molar-refractivity contribution in [1.29, 1.82) is 0 Å². The van der Waals surface area contributed by atoms with Gasteiger partial charge >= 0.3 is 12.5 Å². The lowest BCUT2D eigenvalue weighted by atomic mass is 10.2. The molecule has 0 saturated carbocycles. The number of alkyl halides is 6. The molecule has 0 saturated heterocycles. The van der Waals surface area contributed by atoms with Crippen LogP contribution < -0.4 is 15.4 Å². The highest BCUT2D eigenvalue weighted by atomic mass is 19.4. The van der Waals surface area contributed by atoms with Gasteiger partial charge in [0.25, 0.3) is 0 Å². The van der Waals surface area contributed by atoms with Crippen LogP contribution in [-0.4, -0.2) is 30.9 Å². The topological polar surface area (TPSA) is 89.8 Å². The number of hydrogen-bond donors (Lipinski definition) is 2. The molecule has 0 radical (unpaired) electrons. The van der Waals surface area contributed by atoms with Crippen molar-refractivity contribution in [2.45, 2.75) is 12.5 Å². The minimum Gasteiger partial charge on any atom is -0.406 e. The lowest BCUT2D eigenvalue weighted by Gasteiger charge is -2.12. The number of rotatable bonds is 6. The predicted molar refractivity (Wildman–Crippen MR) is 108 cm³/mol. The largest absolute Gasteiger partial charge is 0.573 e. The molecule has 2 N–H and O–H groups in total. The molecule has 4 aromatic rings. The average molecular weight is 481 g/mol. The van der Waals surface area contributed by atoms with Gasteiger partial charge in [-0.15, -0.1) is 13.2 Å². The fraction of sp³-hybridized carbons (Fsp3) is 0.100. The van der Waals surface area contributed by atoms with E-state index < -0.39 is 23.9 Å². The van der Waals surface area contributed by atoms with E-state index >= 15 is 0 Å². The van der Waals surface area contributed by atoms with E-state index in [0.717, 1.165) is 30.6 Å². The molecule has 2 aromatic heterocycles. The summed E-state index contributed by atoms with van der Waals surface area (Å²) in [4.78, 5) is 16.1. The van der Waals surface area contributed by atoms with Crippen LogP contribution in [0.3, 0.4) is 0 Å². The van der Waals surface area contributed by atoms with E-state index in [9.17, 15) is 26.3 Å². The average Bonchev–Trinajstić information content (AvgIpc) is 3.22. The van der Waals surface area contributed by atoms with Gasteiger partial charge in [-0.05, 0) is 42.5 Å². The fourth-order valence-corrected chi connectivity index (χ4v) is 2.82. The van der Waals surface area contributed by atoms with Crippen LogP contribution in [0.1, 0.15) is 5.56 Å². The molecule has 0 bridgehead atoms. The lowest BCUT2D eigenvalue weighted by Crippen LogP contribution is -2.17. The third-order valence-electron chi connectivity index (χ3n) is 4.23. The van der Waals surface area contributed by atoms with Crippen LogP contribution in [0, 0.1) is 0 Å². The molecule has 0 aliphatic heterocycles. The van der Waals surface area contributed by atoms with Crippen LogP contribution in [-0.2, 0) is 6.18 Å². The highest BCUT2D eigenvalue weighted by molar-refractivity contribution is 5.56. The molecule has 14 heteroatoms. The Balaban J connectivity index is 1.50. The molecular weight excluding hydrogens is 468 g/mol. The summed E-state index contributed by atoms with van der Waals surface area (Å²) in [6.07, 6.45) is -5.30. The maximum absolute atomic E-state index is 13.0. The second kappa shape index (κ2) is 8.88. The Morgan fingerprint density at radius 2 is 1.53 bits per heavy atom. The Hall–Kier alpha value is -4.36. The summed E-state index contributed by atoms with van der Waals surface area (Å²) in [5.41, 5.74) is -0.233. The number of hydrogen-bond acceptors (Lipinski definition) is 7. The van der Waals surface area contributed by atoms with Crippen LogP contribution in [0.25, 0.3) is 5.69 Å². The maximum atomic E-state index is 13.0. The standard InChI is InChI=1S/C20H13F6N7O/c21-19(22,23)12-2-1-3-14(10-12)33-9-8-27-18(33)32-17-29-11-28-16(31-17)30-13-4-6-15(7-5-13)34-20(24,25)26/h1-11H,(H2,27,28,29,30,31,32). The van der Waals surface area contributed by atoms with Crippen LogP contribution in [0.5, 0.6) is 5.75 Å². The first-order chi connectivity index (χ1) is 16.1. The van der Waals surface area contributed by atoms with Crippen molar-refractivity contribution >= 4 is 23.5 Å². The van der Waals surface area contributed by atoms with Crippen LogP contribution >= 0.6 is 0 Å². The Morgan fingerprint density at radius 1 is 0.824 bits per heavy atom. The predicted octanol–water partition coefficient (Wildman–Crippen LogP) is 5.46. The third kappa shape index (κ3) is 5.70. The molecule has 176 valence electrons. The van der Waals surface area contributed by atoms with Crippen molar-refractivity contribution < 1.29 is 31.1 Å². The molecule has 2 heterocycles. The Labute approximate surface area is 187 Å². The second-order valence-corrected chi connectivity index (χ2v) is 6.62. The number of nitrogens with zero attached hydrogens (tertiary/aromatic N) is 5. The van der Waals surface area contributed by atoms with Crippen molar-refractivity contribution in [3.63, 3.8) is 0 Å². The maximum Gasteiger partial charge on any atom is 0.573 e. The third-order valence-corrected chi connectivity index (χ3v) is 4.23. The van der Waals surface area contributed by atoms with Crippen molar-refractivity contribution in [3.05, 3.63) is 72.8 Å². The summed E-state index contributed by atoms with van der Waals surface area (Å²) < 4.78 is 81.1. The molecular formula is C20H13F6N7O. The van der Waals surface area contributed by atoms with Gasteiger partial charge in [0.2, 0.25) is 17.8 Å². The van der Waals surface area contributed by atoms with E-state index in [1.165, 1.54) is 41.2 Å². The zero-order chi connectivity index (χ0) is 24.3. The smallest absolute Gasteiger partial charge is 0.406 e. The number of imidazole rings is 1. The van der Waals surface area contributed by atoms with Crippen LogP contribution in [0.2, 0.25) is 0 Å². The molecule has 4 rings (SSSR count). The van der Waals surface area contributed by atoms with E-state index in [4.69, 9.17) is 0 Å². The summed E-state index contributed by atoms with van der Waals surface area (Å²) in [7, 11) is 0. The van der Waals surface area contributed by atoms with Gasteiger partial charge in [-0.3, -0.25) is 9.88 Å². The summed E-state index contributed by atoms with van der Waals surface area (Å²) in [6, 6.07) is 9.58. The number of anilines is 4. The Morgan fingerprint density at radius 3 is 2.21 bits per heavy atom. The molecule has 0 unspecified atom stereocenters. The molecule has 34 heavy (non-hydrogen) atoms. The number of benzene rings is 2. The minimum absolute atomic E-state index is 0.0222. The number of aromatic nitrogens is 5. The zero-order valence-electron chi connectivity index (χ0n) is 16.8. The van der Waals surface area contributed by atoms with E-state index in [0.29, 0.717) is 5.69 Å². The molecule has 0 atom stereocenters. The summed E-state index contributed by atoms with van der Waals surface area (Å²) >= 11 is 0. The summed E-state index contributed by atoms with van der Waals surface area (Å²) in [6.45, 7) is 0. The number of halogens is 6. The molecule has 0 aliphatic rings. The van der Waals surface area contributed by atoms with Gasteiger partial charge in [0.15, 0.2) is 0 Å². The zero-order valence-corrected chi connectivity index (χ0v) is 16.8. The van der Waals surface area contributed by atoms with Crippen molar-refractivity contribution in [2.75, 3.05) is 10.6 Å². The van der Waals surface area contributed by atoms with Crippen LogP contribution in [0.15, 0.2) is 67.3 Å². The fourth-order valence-electron chi connectivity index (χ4n) is 2.82. The lowest BCUT2D eigenvalue weighted by molar-refractivity contribution is -0.274. The molecule has 0 aliphatic carbocycles. The molecule has 0 fully saturated rings. The van der Waals surface area contributed by atoms with Gasteiger partial charge < -0.3 is 10.1 Å². The molecule has 8 nitrogen and oxygen atoms in total. The van der Waals surface area contributed by atoms with E-state index in [1.54, 1.807) is 0 Å². The molecule has 0 spiro atoms. The first kappa shape index (κ1) is 22.8. The first-order valence-corrected chi connectivity index (χ1v) is 9.37. The van der Waals surface area contributed by atoms with Gasteiger partial charge in [-0.25, -0.2) is 15.0 Å². The minimum atomic E-state index is -4.80.